The Kier molecular flexibility index (Phi) is 4.88. The molecule has 0 unspecified atom stereocenters. The van der Waals surface area contributed by atoms with E-state index in [1.165, 1.54) is 0 Å². The molecular weight excluding hydrogens is 251 g/mol. The molecule has 0 saturated carbocycles. The van der Waals surface area contributed by atoms with E-state index in [2.05, 4.69) is 6.92 Å². The van der Waals surface area contributed by atoms with Crippen molar-refractivity contribution in [2.45, 2.75) is 39.9 Å². The van der Waals surface area contributed by atoms with Gasteiger partial charge in [-0.05, 0) is 12.8 Å². The molecule has 1 aliphatic rings. The van der Waals surface area contributed by atoms with Gasteiger partial charge in [-0.15, -0.1) is 0 Å². The van der Waals surface area contributed by atoms with Crippen molar-refractivity contribution in [3.8, 4) is 0 Å². The van der Waals surface area contributed by atoms with Crippen molar-refractivity contribution in [2.75, 3.05) is 0 Å². The Bertz CT molecular complexity index is 284. The monoisotopic (exact) mass is 265 g/mol. The van der Waals surface area contributed by atoms with Gasteiger partial charge in [0.15, 0.2) is 0 Å². The first-order chi connectivity index (χ1) is 7.08. The highest BCUT2D eigenvalue weighted by molar-refractivity contribution is 6.90. The Balaban J connectivity index is 3.18. The van der Waals surface area contributed by atoms with Gasteiger partial charge in [0.25, 0.3) is 0 Å². The number of hydrogen-bond acceptors (Lipinski definition) is 1. The summed E-state index contributed by atoms with van der Waals surface area (Å²) in [5.41, 5.74) is 1.96. The van der Waals surface area contributed by atoms with Crippen LogP contribution in [0.1, 0.15) is 33.6 Å². The quantitative estimate of drug-likeness (QED) is 0.525. The third-order valence-electron chi connectivity index (χ3n) is 2.72. The predicted molar refractivity (Wildman–Crippen MR) is 70.3 cm³/mol. The lowest BCUT2D eigenvalue weighted by molar-refractivity contribution is 0.617. The Morgan fingerprint density at radius 1 is 1.00 bits per heavy atom. The zero-order valence-electron chi connectivity index (χ0n) is 9.28. The average molecular weight is 266 g/mol. The largest absolute Gasteiger partial charge is 0.261 e. The van der Waals surface area contributed by atoms with Gasteiger partial charge in [-0.1, -0.05) is 50.3 Å². The highest BCUT2D eigenvalue weighted by Gasteiger charge is 2.32. The lowest BCUT2D eigenvalue weighted by Gasteiger charge is -2.31. The van der Waals surface area contributed by atoms with E-state index in [0.29, 0.717) is 0 Å². The van der Waals surface area contributed by atoms with Crippen LogP contribution in [0.2, 0.25) is 6.32 Å². The van der Waals surface area contributed by atoms with E-state index in [4.69, 9.17) is 35.0 Å². The molecule has 15 heavy (non-hydrogen) atoms. The van der Waals surface area contributed by atoms with E-state index in [1.54, 1.807) is 4.42 Å². The van der Waals surface area contributed by atoms with Gasteiger partial charge < -0.3 is 0 Å². The fourth-order valence-corrected chi connectivity index (χ4v) is 3.36. The Morgan fingerprint density at radius 3 is 1.67 bits per heavy atom. The molecule has 0 atom stereocenters. The molecule has 1 rings (SSSR count). The third-order valence-corrected chi connectivity index (χ3v) is 4.09. The normalized spacial score (nSPS) is 18.0. The van der Waals surface area contributed by atoms with Gasteiger partial charge in [0.1, 0.15) is 0 Å². The summed E-state index contributed by atoms with van der Waals surface area (Å²) in [4.78, 5) is 1.58. The van der Waals surface area contributed by atoms with Crippen molar-refractivity contribution in [3.05, 3.63) is 21.3 Å². The molecule has 1 aliphatic heterocycles. The molecule has 0 bridgehead atoms. The summed E-state index contributed by atoms with van der Waals surface area (Å²) in [5, 5.41) is 0. The van der Waals surface area contributed by atoms with Crippen LogP contribution in [-0.4, -0.2) is 11.1 Å². The fourth-order valence-electron chi connectivity index (χ4n) is 1.84. The average Bonchev–Trinajstić information content (AvgIpc) is 2.19. The SMILES string of the molecule is CCB1C(Cl)=C(CC)N(Cl)C(CC)=C1Cl. The maximum absolute atomic E-state index is 6.30. The Labute approximate surface area is 107 Å². The predicted octanol–water partition coefficient (Wildman–Crippen LogP) is 4.77. The van der Waals surface area contributed by atoms with Crippen LogP contribution < -0.4 is 0 Å². The number of rotatable bonds is 3. The first-order valence-electron chi connectivity index (χ1n) is 5.31. The second-order valence-corrected chi connectivity index (χ2v) is 4.69. The summed E-state index contributed by atoms with van der Waals surface area (Å²) in [6, 6.07) is 0. The molecule has 5 heteroatoms. The van der Waals surface area contributed by atoms with E-state index < -0.39 is 0 Å². The molecule has 0 aromatic carbocycles. The van der Waals surface area contributed by atoms with Crippen LogP contribution >= 0.6 is 35.0 Å². The first-order valence-corrected chi connectivity index (χ1v) is 6.40. The van der Waals surface area contributed by atoms with Gasteiger partial charge in [0.2, 0.25) is 6.71 Å². The second-order valence-electron chi connectivity index (χ2n) is 3.54. The topological polar surface area (TPSA) is 3.24 Å². The minimum atomic E-state index is 0.133. The molecular formula is C10H15BCl3N. The van der Waals surface area contributed by atoms with Gasteiger partial charge in [-0.25, -0.2) is 0 Å². The highest BCUT2D eigenvalue weighted by Crippen LogP contribution is 2.38. The van der Waals surface area contributed by atoms with E-state index in [1.807, 2.05) is 13.8 Å². The maximum atomic E-state index is 6.30. The molecule has 0 spiro atoms. The first kappa shape index (κ1) is 13.3. The molecule has 1 nitrogen and oxygen atoms in total. The van der Waals surface area contributed by atoms with Crippen molar-refractivity contribution in [3.63, 3.8) is 0 Å². The summed E-state index contributed by atoms with van der Waals surface area (Å²) in [6.07, 6.45) is 2.56. The van der Waals surface area contributed by atoms with Crippen molar-refractivity contribution >= 4 is 41.7 Å². The number of nitrogens with zero attached hydrogens (tertiary/aromatic N) is 1. The molecule has 0 fully saturated rings. The summed E-state index contributed by atoms with van der Waals surface area (Å²) in [6.45, 7) is 6.31. The molecule has 0 saturated heterocycles. The molecule has 0 aliphatic carbocycles. The number of halogens is 3. The van der Waals surface area contributed by atoms with Crippen LogP contribution in [0.5, 0.6) is 0 Å². The molecule has 84 valence electrons. The van der Waals surface area contributed by atoms with Crippen molar-refractivity contribution in [1.82, 2.24) is 4.42 Å². The van der Waals surface area contributed by atoms with E-state index in [9.17, 15) is 0 Å². The number of hydrogen-bond donors (Lipinski definition) is 0. The van der Waals surface area contributed by atoms with Crippen LogP contribution in [0.25, 0.3) is 0 Å². The van der Waals surface area contributed by atoms with Gasteiger partial charge in [0.05, 0.1) is 0 Å². The van der Waals surface area contributed by atoms with E-state index in [0.717, 1.165) is 40.4 Å². The molecule has 1 heterocycles. The minimum absolute atomic E-state index is 0.133. The zero-order chi connectivity index (χ0) is 11.6. The third kappa shape index (κ3) is 2.32. The van der Waals surface area contributed by atoms with Gasteiger partial charge in [0, 0.05) is 33.0 Å². The summed E-state index contributed by atoms with van der Waals surface area (Å²) in [7, 11) is 0. The van der Waals surface area contributed by atoms with Crippen molar-refractivity contribution in [1.29, 1.82) is 0 Å². The van der Waals surface area contributed by atoms with E-state index >= 15 is 0 Å². The van der Waals surface area contributed by atoms with Crippen LogP contribution in [-0.2, 0) is 0 Å². The smallest absolute Gasteiger partial charge is 0.243 e. The molecule has 0 N–H and O–H groups in total. The molecule has 0 aromatic heterocycles. The molecule has 0 radical (unpaired) electrons. The number of allylic oxidation sites excluding steroid dienone is 2. The zero-order valence-corrected chi connectivity index (χ0v) is 11.5. The van der Waals surface area contributed by atoms with Crippen LogP contribution in [0.4, 0.5) is 0 Å². The molecule has 0 amide bonds. The van der Waals surface area contributed by atoms with Crippen LogP contribution in [0, 0.1) is 0 Å². The van der Waals surface area contributed by atoms with E-state index in [-0.39, 0.29) is 6.71 Å². The lowest BCUT2D eigenvalue weighted by Crippen LogP contribution is -2.28. The Hall–Kier alpha value is 0.215. The van der Waals surface area contributed by atoms with Crippen LogP contribution in [0.3, 0.4) is 0 Å². The second kappa shape index (κ2) is 5.52. The lowest BCUT2D eigenvalue weighted by atomic mass is 9.45. The van der Waals surface area contributed by atoms with Gasteiger partial charge in [-0.3, -0.25) is 4.42 Å². The van der Waals surface area contributed by atoms with Gasteiger partial charge >= 0.3 is 0 Å². The summed E-state index contributed by atoms with van der Waals surface area (Å²) >= 11 is 18.8. The Morgan fingerprint density at radius 2 is 1.40 bits per heavy atom. The summed E-state index contributed by atoms with van der Waals surface area (Å²) < 4.78 is 1.62. The highest BCUT2D eigenvalue weighted by atomic mass is 35.5. The van der Waals surface area contributed by atoms with Crippen molar-refractivity contribution in [2.24, 2.45) is 0 Å². The minimum Gasteiger partial charge on any atom is -0.261 e. The van der Waals surface area contributed by atoms with Crippen molar-refractivity contribution < 1.29 is 0 Å². The molecule has 0 aromatic rings. The van der Waals surface area contributed by atoms with Crippen LogP contribution in [0.15, 0.2) is 21.3 Å². The maximum Gasteiger partial charge on any atom is 0.243 e. The fraction of sp³-hybridized carbons (Fsp3) is 0.600. The standard InChI is InChI=1S/C10H15BCl3N/c1-4-7-9(12)11(6-3)10(13)8(5-2)15(7)14/h4-6H2,1-3H3. The summed E-state index contributed by atoms with van der Waals surface area (Å²) in [5.74, 6) is 0. The van der Waals surface area contributed by atoms with Gasteiger partial charge in [-0.2, -0.15) is 0 Å².